The Morgan fingerprint density at radius 2 is 1.76 bits per heavy atom. The van der Waals surface area contributed by atoms with E-state index in [1.54, 1.807) is 11.3 Å². The highest BCUT2D eigenvalue weighted by Crippen LogP contribution is 2.27. The third-order valence-corrected chi connectivity index (χ3v) is 4.50. The van der Waals surface area contributed by atoms with Gasteiger partial charge in [0.2, 0.25) is 0 Å². The summed E-state index contributed by atoms with van der Waals surface area (Å²) in [5, 5.41) is 13.3. The van der Waals surface area contributed by atoms with Gasteiger partial charge < -0.3 is 5.11 Å². The van der Waals surface area contributed by atoms with Crippen LogP contribution in [0.1, 0.15) is 11.1 Å². The second-order valence-electron chi connectivity index (χ2n) is 5.05. The molecule has 0 aliphatic carbocycles. The maximum atomic E-state index is 13.6. The molecule has 1 atom stereocenters. The van der Waals surface area contributed by atoms with Gasteiger partial charge in [0.15, 0.2) is 0 Å². The Morgan fingerprint density at radius 1 is 1.00 bits per heavy atom. The molecule has 3 aromatic rings. The lowest BCUT2D eigenvalue weighted by Gasteiger charge is -2.11. The summed E-state index contributed by atoms with van der Waals surface area (Å²) in [5.41, 5.74) is 1.40. The molecule has 1 aromatic heterocycles. The van der Waals surface area contributed by atoms with E-state index in [4.69, 9.17) is 0 Å². The average molecular weight is 304 g/mol. The topological polar surface area (TPSA) is 20.2 Å². The summed E-state index contributed by atoms with van der Waals surface area (Å²) in [4.78, 5) is 0. The van der Waals surface area contributed by atoms with Gasteiger partial charge in [0.25, 0.3) is 0 Å². The second-order valence-corrected chi connectivity index (χ2v) is 5.97. The van der Waals surface area contributed by atoms with Crippen molar-refractivity contribution in [2.24, 2.45) is 0 Å². The van der Waals surface area contributed by atoms with Crippen molar-refractivity contribution in [1.29, 1.82) is 0 Å². The Kier molecular flexibility index (Phi) is 3.99. The van der Waals surface area contributed by atoms with Crippen molar-refractivity contribution in [3.8, 4) is 0 Å². The molecule has 1 heterocycles. The van der Waals surface area contributed by atoms with Gasteiger partial charge in [-0.25, -0.2) is 8.78 Å². The first kappa shape index (κ1) is 14.2. The zero-order valence-electron chi connectivity index (χ0n) is 11.2. The van der Waals surface area contributed by atoms with Gasteiger partial charge >= 0.3 is 0 Å². The molecule has 108 valence electrons. The van der Waals surface area contributed by atoms with Crippen LogP contribution in [0.5, 0.6) is 0 Å². The minimum absolute atomic E-state index is 0.177. The van der Waals surface area contributed by atoms with Crippen molar-refractivity contribution in [3.05, 3.63) is 70.6 Å². The van der Waals surface area contributed by atoms with Gasteiger partial charge in [-0.15, -0.1) is 11.3 Å². The van der Waals surface area contributed by atoms with E-state index in [1.807, 2.05) is 29.6 Å². The van der Waals surface area contributed by atoms with Crippen molar-refractivity contribution in [1.82, 2.24) is 0 Å². The van der Waals surface area contributed by atoms with Crippen LogP contribution in [0.15, 0.2) is 47.8 Å². The molecule has 1 unspecified atom stereocenters. The number of rotatable bonds is 4. The zero-order valence-corrected chi connectivity index (χ0v) is 12.0. The molecule has 4 heteroatoms. The summed E-state index contributed by atoms with van der Waals surface area (Å²) >= 11 is 1.63. The number of aliphatic hydroxyl groups excluding tert-OH is 1. The van der Waals surface area contributed by atoms with Crippen LogP contribution in [0.3, 0.4) is 0 Å². The van der Waals surface area contributed by atoms with E-state index in [9.17, 15) is 13.9 Å². The van der Waals surface area contributed by atoms with Crippen LogP contribution >= 0.6 is 11.3 Å². The standard InChI is InChI=1S/C17H14F2OS/c18-13-6-5-11(16(19)9-13)7-14(20)8-12-10-21-17-4-2-1-3-15(12)17/h1-6,9-10,14,20H,7-8H2. The Labute approximate surface area is 125 Å². The van der Waals surface area contributed by atoms with Crippen LogP contribution in [-0.4, -0.2) is 11.2 Å². The van der Waals surface area contributed by atoms with E-state index in [2.05, 4.69) is 0 Å². The lowest BCUT2D eigenvalue weighted by atomic mass is 10.0. The first-order valence-corrected chi connectivity index (χ1v) is 7.58. The van der Waals surface area contributed by atoms with Gasteiger partial charge in [0.05, 0.1) is 6.10 Å². The van der Waals surface area contributed by atoms with Gasteiger partial charge in [-0.2, -0.15) is 0 Å². The van der Waals surface area contributed by atoms with E-state index in [-0.39, 0.29) is 6.42 Å². The van der Waals surface area contributed by atoms with E-state index >= 15 is 0 Å². The summed E-state index contributed by atoms with van der Waals surface area (Å²) in [6.07, 6.45) is -0.0557. The summed E-state index contributed by atoms with van der Waals surface area (Å²) in [6, 6.07) is 11.5. The second kappa shape index (κ2) is 5.92. The molecule has 0 aliphatic rings. The van der Waals surface area contributed by atoms with Crippen LogP contribution < -0.4 is 0 Å². The van der Waals surface area contributed by atoms with Crippen molar-refractivity contribution in [2.75, 3.05) is 0 Å². The lowest BCUT2D eigenvalue weighted by molar-refractivity contribution is 0.174. The molecule has 0 aliphatic heterocycles. The van der Waals surface area contributed by atoms with Crippen molar-refractivity contribution in [2.45, 2.75) is 18.9 Å². The van der Waals surface area contributed by atoms with Crippen LogP contribution in [0.2, 0.25) is 0 Å². The molecule has 1 nitrogen and oxygen atoms in total. The van der Waals surface area contributed by atoms with Crippen molar-refractivity contribution < 1.29 is 13.9 Å². The zero-order chi connectivity index (χ0) is 14.8. The number of benzene rings is 2. The average Bonchev–Trinajstić information content (AvgIpc) is 2.85. The smallest absolute Gasteiger partial charge is 0.129 e. The molecule has 0 radical (unpaired) electrons. The van der Waals surface area contributed by atoms with Gasteiger partial charge in [0.1, 0.15) is 11.6 Å². The minimum Gasteiger partial charge on any atom is -0.392 e. The maximum Gasteiger partial charge on any atom is 0.129 e. The molecule has 0 amide bonds. The quantitative estimate of drug-likeness (QED) is 0.761. The van der Waals surface area contributed by atoms with Gasteiger partial charge in [-0.05, 0) is 34.0 Å². The minimum atomic E-state index is -0.692. The number of fused-ring (bicyclic) bond motifs is 1. The molecule has 21 heavy (non-hydrogen) atoms. The highest BCUT2D eigenvalue weighted by molar-refractivity contribution is 7.17. The van der Waals surface area contributed by atoms with Crippen LogP contribution in [0.25, 0.3) is 10.1 Å². The first-order chi connectivity index (χ1) is 10.1. The highest BCUT2D eigenvalue weighted by Gasteiger charge is 2.13. The largest absolute Gasteiger partial charge is 0.392 e. The number of aliphatic hydroxyl groups is 1. The van der Waals surface area contributed by atoms with Crippen LogP contribution in [0, 0.1) is 11.6 Å². The van der Waals surface area contributed by atoms with E-state index in [0.717, 1.165) is 17.0 Å². The highest BCUT2D eigenvalue weighted by atomic mass is 32.1. The molecule has 0 spiro atoms. The fourth-order valence-electron chi connectivity index (χ4n) is 2.46. The van der Waals surface area contributed by atoms with Crippen molar-refractivity contribution >= 4 is 21.4 Å². The van der Waals surface area contributed by atoms with Gasteiger partial charge in [-0.1, -0.05) is 24.3 Å². The fourth-order valence-corrected chi connectivity index (χ4v) is 3.43. The Morgan fingerprint density at radius 3 is 2.57 bits per heavy atom. The van der Waals surface area contributed by atoms with Crippen LogP contribution in [-0.2, 0) is 12.8 Å². The fraction of sp³-hybridized carbons (Fsp3) is 0.176. The molecule has 0 saturated carbocycles. The molecular formula is C17H14F2OS. The number of halogens is 2. The third-order valence-electron chi connectivity index (χ3n) is 3.49. The molecule has 3 rings (SSSR count). The van der Waals surface area contributed by atoms with Gasteiger partial charge in [0, 0.05) is 23.6 Å². The summed E-state index contributed by atoms with van der Waals surface area (Å²) in [7, 11) is 0. The SMILES string of the molecule is OC(Cc1ccc(F)cc1F)Cc1csc2ccccc12. The van der Waals surface area contributed by atoms with Crippen LogP contribution in [0.4, 0.5) is 8.78 Å². The summed E-state index contributed by atoms with van der Waals surface area (Å²) < 4.78 is 27.6. The first-order valence-electron chi connectivity index (χ1n) is 6.70. The number of hydrogen-bond acceptors (Lipinski definition) is 2. The normalized spacial score (nSPS) is 12.7. The molecular weight excluding hydrogens is 290 g/mol. The van der Waals surface area contributed by atoms with E-state index in [1.165, 1.54) is 16.8 Å². The number of thiophene rings is 1. The number of hydrogen-bond donors (Lipinski definition) is 1. The van der Waals surface area contributed by atoms with Gasteiger partial charge in [-0.3, -0.25) is 0 Å². The molecule has 0 saturated heterocycles. The molecule has 0 bridgehead atoms. The Bertz CT molecular complexity index is 766. The molecule has 2 aromatic carbocycles. The Balaban J connectivity index is 1.75. The van der Waals surface area contributed by atoms with E-state index < -0.39 is 17.7 Å². The monoisotopic (exact) mass is 304 g/mol. The van der Waals surface area contributed by atoms with E-state index in [0.29, 0.717) is 12.0 Å². The molecule has 1 N–H and O–H groups in total. The predicted molar refractivity (Wildman–Crippen MR) is 81.6 cm³/mol. The predicted octanol–water partition coefficient (Wildman–Crippen LogP) is 4.33. The summed E-state index contributed by atoms with van der Waals surface area (Å²) in [6.45, 7) is 0. The lowest BCUT2D eigenvalue weighted by Crippen LogP contribution is -2.14. The summed E-state index contributed by atoms with van der Waals surface area (Å²) in [5.74, 6) is -1.21. The van der Waals surface area contributed by atoms with Crippen molar-refractivity contribution in [3.63, 3.8) is 0 Å². The molecule has 0 fully saturated rings. The maximum absolute atomic E-state index is 13.6. The third kappa shape index (κ3) is 3.12. The Hall–Kier alpha value is -1.78.